The third kappa shape index (κ3) is 2.51. The zero-order valence-corrected chi connectivity index (χ0v) is 9.15. The minimum Gasteiger partial charge on any atom is -0.476 e. The number of hydrogen-bond acceptors (Lipinski definition) is 3. The largest absolute Gasteiger partial charge is 0.476 e. The van der Waals surface area contributed by atoms with Crippen LogP contribution in [-0.2, 0) is 0 Å². The van der Waals surface area contributed by atoms with E-state index < -0.39 is 5.97 Å². The van der Waals surface area contributed by atoms with E-state index in [1.807, 2.05) is 0 Å². The van der Waals surface area contributed by atoms with Gasteiger partial charge in [-0.3, -0.25) is 0 Å². The fourth-order valence-corrected chi connectivity index (χ4v) is 2.19. The maximum atomic E-state index is 10.9. The smallest absolute Gasteiger partial charge is 0.356 e. The Morgan fingerprint density at radius 1 is 1.50 bits per heavy atom. The van der Waals surface area contributed by atoms with Crippen molar-refractivity contribution in [1.82, 2.24) is 4.98 Å². The van der Waals surface area contributed by atoms with Crippen LogP contribution in [0.4, 0.5) is 5.69 Å². The zero-order chi connectivity index (χ0) is 11.4. The number of carbonyl (C=O) groups is 1. The molecule has 0 bridgehead atoms. The molecule has 0 saturated heterocycles. The SMILES string of the molecule is O=C(O)c1ncccc1NCC1CCCC1. The standard InChI is InChI=1S/C12H16N2O2/c15-12(16)11-10(6-3-7-13-11)14-8-9-4-1-2-5-9/h3,6-7,9,14H,1-2,4-5,8H2,(H,15,16). The first kappa shape index (κ1) is 10.9. The minimum atomic E-state index is -0.977. The second-order valence-corrected chi connectivity index (χ2v) is 4.24. The Kier molecular flexibility index (Phi) is 3.39. The molecule has 1 aromatic rings. The molecule has 0 aromatic carbocycles. The quantitative estimate of drug-likeness (QED) is 0.817. The number of carboxylic acid groups (broad SMARTS) is 1. The summed E-state index contributed by atoms with van der Waals surface area (Å²) < 4.78 is 0. The first-order valence-electron chi connectivity index (χ1n) is 5.69. The molecule has 0 atom stereocenters. The van der Waals surface area contributed by atoms with Gasteiger partial charge < -0.3 is 10.4 Å². The monoisotopic (exact) mass is 220 g/mol. The molecular weight excluding hydrogens is 204 g/mol. The van der Waals surface area contributed by atoms with Crippen LogP contribution in [0.15, 0.2) is 18.3 Å². The molecule has 0 amide bonds. The average molecular weight is 220 g/mol. The normalized spacial score (nSPS) is 16.2. The fourth-order valence-electron chi connectivity index (χ4n) is 2.19. The Balaban J connectivity index is 2.00. The number of carboxylic acids is 1. The van der Waals surface area contributed by atoms with Crippen molar-refractivity contribution in [3.05, 3.63) is 24.0 Å². The molecule has 1 saturated carbocycles. The maximum absolute atomic E-state index is 10.9. The van der Waals surface area contributed by atoms with Crippen molar-refractivity contribution in [2.75, 3.05) is 11.9 Å². The van der Waals surface area contributed by atoms with Crippen LogP contribution in [0.1, 0.15) is 36.2 Å². The number of pyridine rings is 1. The summed E-state index contributed by atoms with van der Waals surface area (Å²) in [5.41, 5.74) is 0.738. The molecular formula is C12H16N2O2. The van der Waals surface area contributed by atoms with Gasteiger partial charge >= 0.3 is 5.97 Å². The van der Waals surface area contributed by atoms with Gasteiger partial charge in [0.2, 0.25) is 0 Å². The lowest BCUT2D eigenvalue weighted by Crippen LogP contribution is -2.14. The highest BCUT2D eigenvalue weighted by Gasteiger charge is 2.16. The van der Waals surface area contributed by atoms with Gasteiger partial charge in [-0.25, -0.2) is 9.78 Å². The van der Waals surface area contributed by atoms with Gasteiger partial charge in [0.25, 0.3) is 0 Å². The summed E-state index contributed by atoms with van der Waals surface area (Å²) in [6.07, 6.45) is 6.59. The molecule has 2 N–H and O–H groups in total. The number of anilines is 1. The van der Waals surface area contributed by atoms with Crippen LogP contribution in [0.2, 0.25) is 0 Å². The number of aromatic carboxylic acids is 1. The zero-order valence-electron chi connectivity index (χ0n) is 9.15. The Morgan fingerprint density at radius 3 is 2.94 bits per heavy atom. The topological polar surface area (TPSA) is 62.2 Å². The van der Waals surface area contributed by atoms with Crippen molar-refractivity contribution in [3.63, 3.8) is 0 Å². The van der Waals surface area contributed by atoms with Crippen molar-refractivity contribution in [3.8, 4) is 0 Å². The van der Waals surface area contributed by atoms with Gasteiger partial charge in [0.1, 0.15) is 0 Å². The highest BCUT2D eigenvalue weighted by atomic mass is 16.4. The summed E-state index contributed by atoms with van der Waals surface area (Å²) in [5.74, 6) is -0.295. The second-order valence-electron chi connectivity index (χ2n) is 4.24. The third-order valence-electron chi connectivity index (χ3n) is 3.07. The highest BCUT2D eigenvalue weighted by Crippen LogP contribution is 2.25. The van der Waals surface area contributed by atoms with Gasteiger partial charge in [0.05, 0.1) is 5.69 Å². The van der Waals surface area contributed by atoms with Crippen molar-refractivity contribution >= 4 is 11.7 Å². The molecule has 86 valence electrons. The van der Waals surface area contributed by atoms with Crippen LogP contribution in [0.25, 0.3) is 0 Å². The fraction of sp³-hybridized carbons (Fsp3) is 0.500. The van der Waals surface area contributed by atoms with E-state index >= 15 is 0 Å². The van der Waals surface area contributed by atoms with Crippen LogP contribution in [-0.4, -0.2) is 22.6 Å². The first-order valence-corrected chi connectivity index (χ1v) is 5.69. The van der Waals surface area contributed by atoms with Crippen LogP contribution in [0.5, 0.6) is 0 Å². The summed E-state index contributed by atoms with van der Waals surface area (Å²) in [6, 6.07) is 3.52. The molecule has 0 unspecified atom stereocenters. The predicted molar refractivity (Wildman–Crippen MR) is 61.6 cm³/mol. The van der Waals surface area contributed by atoms with E-state index in [-0.39, 0.29) is 5.69 Å². The molecule has 16 heavy (non-hydrogen) atoms. The van der Waals surface area contributed by atoms with E-state index in [9.17, 15) is 4.79 Å². The average Bonchev–Trinajstić information content (AvgIpc) is 2.79. The van der Waals surface area contributed by atoms with Crippen LogP contribution < -0.4 is 5.32 Å². The molecule has 0 aliphatic heterocycles. The minimum absolute atomic E-state index is 0.112. The Hall–Kier alpha value is -1.58. The molecule has 0 radical (unpaired) electrons. The lowest BCUT2D eigenvalue weighted by molar-refractivity contribution is 0.0691. The Bertz CT molecular complexity index is 373. The van der Waals surface area contributed by atoms with Gasteiger partial charge in [-0.15, -0.1) is 0 Å². The van der Waals surface area contributed by atoms with Gasteiger partial charge in [-0.2, -0.15) is 0 Å². The van der Waals surface area contributed by atoms with Crippen molar-refractivity contribution in [1.29, 1.82) is 0 Å². The van der Waals surface area contributed by atoms with E-state index in [4.69, 9.17) is 5.11 Å². The summed E-state index contributed by atoms with van der Waals surface area (Å²) in [4.78, 5) is 14.8. The van der Waals surface area contributed by atoms with E-state index in [0.717, 1.165) is 6.54 Å². The Morgan fingerprint density at radius 2 is 2.25 bits per heavy atom. The van der Waals surface area contributed by atoms with Gasteiger partial charge in [-0.1, -0.05) is 12.8 Å². The van der Waals surface area contributed by atoms with E-state index in [1.165, 1.54) is 31.9 Å². The molecule has 1 heterocycles. The van der Waals surface area contributed by atoms with Gasteiger partial charge in [0, 0.05) is 12.7 Å². The van der Waals surface area contributed by atoms with Crippen LogP contribution in [0.3, 0.4) is 0 Å². The highest BCUT2D eigenvalue weighted by molar-refractivity contribution is 5.91. The molecule has 1 aromatic heterocycles. The van der Waals surface area contributed by atoms with Crippen LogP contribution in [0, 0.1) is 5.92 Å². The summed E-state index contributed by atoms with van der Waals surface area (Å²) in [7, 11) is 0. The summed E-state index contributed by atoms with van der Waals surface area (Å²) in [5, 5.41) is 12.1. The first-order chi connectivity index (χ1) is 7.77. The molecule has 0 spiro atoms. The second kappa shape index (κ2) is 4.96. The van der Waals surface area contributed by atoms with Crippen LogP contribution >= 0.6 is 0 Å². The molecule has 1 aliphatic carbocycles. The lowest BCUT2D eigenvalue weighted by atomic mass is 10.1. The summed E-state index contributed by atoms with van der Waals surface area (Å²) >= 11 is 0. The summed E-state index contributed by atoms with van der Waals surface area (Å²) in [6.45, 7) is 0.853. The van der Waals surface area contributed by atoms with E-state index in [2.05, 4.69) is 10.3 Å². The molecule has 1 fully saturated rings. The maximum Gasteiger partial charge on any atom is 0.356 e. The Labute approximate surface area is 94.7 Å². The molecule has 1 aliphatic rings. The molecule has 2 rings (SSSR count). The number of aromatic nitrogens is 1. The van der Waals surface area contributed by atoms with Crippen molar-refractivity contribution < 1.29 is 9.90 Å². The van der Waals surface area contributed by atoms with Crippen molar-refractivity contribution in [2.24, 2.45) is 5.92 Å². The number of nitrogens with zero attached hydrogens (tertiary/aromatic N) is 1. The third-order valence-corrected chi connectivity index (χ3v) is 3.07. The molecule has 4 heteroatoms. The number of nitrogens with one attached hydrogen (secondary N) is 1. The van der Waals surface area contributed by atoms with Crippen molar-refractivity contribution in [2.45, 2.75) is 25.7 Å². The van der Waals surface area contributed by atoms with E-state index in [1.54, 1.807) is 12.1 Å². The number of hydrogen-bond donors (Lipinski definition) is 2. The lowest BCUT2D eigenvalue weighted by Gasteiger charge is -2.12. The molecule has 4 nitrogen and oxygen atoms in total. The van der Waals surface area contributed by atoms with Gasteiger partial charge in [-0.05, 0) is 30.9 Å². The van der Waals surface area contributed by atoms with Gasteiger partial charge in [0.15, 0.2) is 5.69 Å². The predicted octanol–water partition coefficient (Wildman–Crippen LogP) is 2.38. The number of rotatable bonds is 4. The van der Waals surface area contributed by atoms with E-state index in [0.29, 0.717) is 11.6 Å².